The van der Waals surface area contributed by atoms with E-state index in [-0.39, 0.29) is 22.0 Å². The molecule has 1 aliphatic carbocycles. The normalized spacial score (nSPS) is 14.5. The average Bonchev–Trinajstić information content (AvgIpc) is 3.01. The van der Waals surface area contributed by atoms with Gasteiger partial charge in [-0.05, 0) is 49.9 Å². The van der Waals surface area contributed by atoms with Gasteiger partial charge in [-0.1, -0.05) is 25.0 Å². The summed E-state index contributed by atoms with van der Waals surface area (Å²) in [7, 11) is -2.63. The molecule has 2 N–H and O–H groups in total. The smallest absolute Gasteiger partial charge is 0.295 e. The summed E-state index contributed by atoms with van der Waals surface area (Å²) in [4.78, 5) is 10.7. The van der Waals surface area contributed by atoms with Gasteiger partial charge in [0.15, 0.2) is 0 Å². The Hall–Kier alpha value is -3.14. The highest BCUT2D eigenvalue weighted by molar-refractivity contribution is 7.92. The number of methoxy groups -OCH3 is 1. The van der Waals surface area contributed by atoms with Crippen LogP contribution in [-0.2, 0) is 10.0 Å². The molecule has 0 saturated heterocycles. The van der Waals surface area contributed by atoms with Crippen molar-refractivity contribution in [3.8, 4) is 5.75 Å². The SMILES string of the molecule is COc1ccccc1NS(=O)(=O)c1ccc(NN=C2CCCCCC2)c([N+](=O)[O-])c1. The Morgan fingerprint density at radius 3 is 2.40 bits per heavy atom. The fourth-order valence-corrected chi connectivity index (χ4v) is 4.33. The number of nitro groups is 1. The largest absolute Gasteiger partial charge is 0.495 e. The molecule has 2 aromatic carbocycles. The van der Waals surface area contributed by atoms with Crippen LogP contribution in [-0.4, -0.2) is 26.2 Å². The molecule has 0 aromatic heterocycles. The van der Waals surface area contributed by atoms with Gasteiger partial charge in [0.25, 0.3) is 15.7 Å². The summed E-state index contributed by atoms with van der Waals surface area (Å²) < 4.78 is 33.1. The number of ether oxygens (including phenoxy) is 1. The zero-order chi connectivity index (χ0) is 21.6. The van der Waals surface area contributed by atoms with Crippen molar-refractivity contribution < 1.29 is 18.1 Å². The van der Waals surface area contributed by atoms with Crippen molar-refractivity contribution in [3.63, 3.8) is 0 Å². The van der Waals surface area contributed by atoms with Crippen LogP contribution < -0.4 is 14.9 Å². The molecule has 1 fully saturated rings. The van der Waals surface area contributed by atoms with E-state index in [1.165, 1.54) is 19.2 Å². The highest BCUT2D eigenvalue weighted by Gasteiger charge is 2.22. The zero-order valence-corrected chi connectivity index (χ0v) is 17.4. The number of benzene rings is 2. The molecule has 9 nitrogen and oxygen atoms in total. The van der Waals surface area contributed by atoms with Crippen molar-refractivity contribution in [1.82, 2.24) is 0 Å². The van der Waals surface area contributed by atoms with Crippen molar-refractivity contribution >= 4 is 32.8 Å². The van der Waals surface area contributed by atoms with Gasteiger partial charge in [0, 0.05) is 11.8 Å². The fourth-order valence-electron chi connectivity index (χ4n) is 3.24. The maximum absolute atomic E-state index is 12.8. The minimum atomic E-state index is -4.06. The van der Waals surface area contributed by atoms with Gasteiger partial charge in [0.1, 0.15) is 11.4 Å². The molecule has 0 atom stereocenters. The summed E-state index contributed by atoms with van der Waals surface area (Å²) >= 11 is 0. The third-order valence-electron chi connectivity index (χ3n) is 4.84. The van der Waals surface area contributed by atoms with Crippen LogP contribution in [0.5, 0.6) is 5.75 Å². The van der Waals surface area contributed by atoms with Crippen molar-refractivity contribution in [2.24, 2.45) is 5.10 Å². The van der Waals surface area contributed by atoms with Crippen LogP contribution in [0.1, 0.15) is 38.5 Å². The van der Waals surface area contributed by atoms with E-state index in [1.807, 2.05) is 0 Å². The summed E-state index contributed by atoms with van der Waals surface area (Å²) in [6, 6.07) is 10.2. The number of sulfonamides is 1. The van der Waals surface area contributed by atoms with Crippen LogP contribution in [0.2, 0.25) is 0 Å². The second-order valence-electron chi connectivity index (χ2n) is 6.95. The first-order valence-electron chi connectivity index (χ1n) is 9.66. The van der Waals surface area contributed by atoms with Gasteiger partial charge in [0.05, 0.1) is 22.6 Å². The first kappa shape index (κ1) is 21.6. The summed E-state index contributed by atoms with van der Waals surface area (Å²) in [6.45, 7) is 0. The maximum Gasteiger partial charge on any atom is 0.295 e. The molecule has 1 aliphatic rings. The molecule has 0 spiro atoms. The summed E-state index contributed by atoms with van der Waals surface area (Å²) in [5.41, 5.74) is 3.74. The van der Waals surface area contributed by atoms with Gasteiger partial charge in [-0.15, -0.1) is 0 Å². The summed E-state index contributed by atoms with van der Waals surface area (Å²) in [6.07, 6.45) is 6.13. The summed E-state index contributed by atoms with van der Waals surface area (Å²) in [5.74, 6) is 0.341. The maximum atomic E-state index is 12.8. The molecule has 30 heavy (non-hydrogen) atoms. The van der Waals surface area contributed by atoms with Crippen LogP contribution in [0, 0.1) is 10.1 Å². The fraction of sp³-hybridized carbons (Fsp3) is 0.350. The number of nitrogens with one attached hydrogen (secondary N) is 2. The average molecular weight is 433 g/mol. The zero-order valence-electron chi connectivity index (χ0n) is 16.6. The molecule has 3 rings (SSSR count). The lowest BCUT2D eigenvalue weighted by Crippen LogP contribution is -2.14. The van der Waals surface area contributed by atoms with Crippen molar-refractivity contribution in [2.75, 3.05) is 17.3 Å². The lowest BCUT2D eigenvalue weighted by molar-refractivity contribution is -0.384. The molecular formula is C20H24N4O5S. The van der Waals surface area contributed by atoms with Crippen LogP contribution >= 0.6 is 0 Å². The Balaban J connectivity index is 1.86. The van der Waals surface area contributed by atoms with Gasteiger partial charge in [-0.3, -0.25) is 20.3 Å². The molecule has 2 aromatic rings. The highest BCUT2D eigenvalue weighted by Crippen LogP contribution is 2.31. The monoisotopic (exact) mass is 432 g/mol. The molecule has 0 amide bonds. The van der Waals surface area contributed by atoms with Gasteiger partial charge >= 0.3 is 0 Å². The molecular weight excluding hydrogens is 408 g/mol. The van der Waals surface area contributed by atoms with Crippen LogP contribution in [0.3, 0.4) is 0 Å². The predicted octanol–water partition coefficient (Wildman–Crippen LogP) is 4.53. The topological polar surface area (TPSA) is 123 Å². The quantitative estimate of drug-likeness (QED) is 0.376. The highest BCUT2D eigenvalue weighted by atomic mass is 32.2. The molecule has 1 saturated carbocycles. The lowest BCUT2D eigenvalue weighted by atomic mass is 10.2. The van der Waals surface area contributed by atoms with E-state index in [0.717, 1.165) is 50.3 Å². The second-order valence-corrected chi connectivity index (χ2v) is 8.63. The second kappa shape index (κ2) is 9.57. The number of para-hydroxylation sites is 2. The molecule has 0 radical (unpaired) electrons. The third kappa shape index (κ3) is 5.26. The van der Waals surface area contributed by atoms with Crippen LogP contribution in [0.4, 0.5) is 17.1 Å². The standard InChI is InChI=1S/C20H24N4O5S/c1-29-20-11-7-6-10-18(20)23-30(27,28)16-12-13-17(19(14-16)24(25)26)22-21-15-8-4-2-3-5-9-15/h6-7,10-14,22-23H,2-5,8-9H2,1H3. The minimum absolute atomic E-state index is 0.146. The van der Waals surface area contributed by atoms with Crippen molar-refractivity contribution in [1.29, 1.82) is 0 Å². The van der Waals surface area contributed by atoms with E-state index in [2.05, 4.69) is 15.2 Å². The van der Waals surface area contributed by atoms with Crippen molar-refractivity contribution in [3.05, 3.63) is 52.6 Å². The minimum Gasteiger partial charge on any atom is -0.495 e. The lowest BCUT2D eigenvalue weighted by Gasteiger charge is -2.12. The van der Waals surface area contributed by atoms with Gasteiger partial charge in [-0.25, -0.2) is 8.42 Å². The van der Waals surface area contributed by atoms with E-state index < -0.39 is 14.9 Å². The molecule has 160 valence electrons. The molecule has 10 heteroatoms. The number of nitro benzene ring substituents is 1. The first-order chi connectivity index (χ1) is 14.4. The van der Waals surface area contributed by atoms with Crippen molar-refractivity contribution in [2.45, 2.75) is 43.4 Å². The molecule has 0 heterocycles. The Kier molecular flexibility index (Phi) is 6.88. The number of hydrogen-bond acceptors (Lipinski definition) is 7. The van der Waals surface area contributed by atoms with Gasteiger partial charge in [-0.2, -0.15) is 5.10 Å². The Morgan fingerprint density at radius 1 is 1.03 bits per heavy atom. The number of anilines is 2. The van der Waals surface area contributed by atoms with Crippen LogP contribution in [0.15, 0.2) is 52.5 Å². The first-order valence-corrected chi connectivity index (χ1v) is 11.1. The summed E-state index contributed by atoms with van der Waals surface area (Å²) in [5, 5.41) is 15.9. The Labute approximate surface area is 175 Å². The van der Waals surface area contributed by atoms with Crippen LogP contribution in [0.25, 0.3) is 0 Å². The Morgan fingerprint density at radius 2 is 1.73 bits per heavy atom. The number of hydrazone groups is 1. The molecule has 0 aliphatic heterocycles. The van der Waals surface area contributed by atoms with E-state index in [9.17, 15) is 18.5 Å². The number of rotatable bonds is 7. The third-order valence-corrected chi connectivity index (χ3v) is 6.21. The number of nitrogens with zero attached hydrogens (tertiary/aromatic N) is 2. The van der Waals surface area contributed by atoms with E-state index in [1.54, 1.807) is 24.3 Å². The Bertz CT molecular complexity index is 1040. The number of hydrogen-bond donors (Lipinski definition) is 2. The van der Waals surface area contributed by atoms with Gasteiger partial charge < -0.3 is 4.74 Å². The van der Waals surface area contributed by atoms with E-state index in [0.29, 0.717) is 5.75 Å². The van der Waals surface area contributed by atoms with Gasteiger partial charge in [0.2, 0.25) is 0 Å². The predicted molar refractivity (Wildman–Crippen MR) is 116 cm³/mol. The van der Waals surface area contributed by atoms with E-state index >= 15 is 0 Å². The molecule has 0 bridgehead atoms. The molecule has 0 unspecified atom stereocenters. The van der Waals surface area contributed by atoms with E-state index in [4.69, 9.17) is 4.74 Å².